The van der Waals surface area contributed by atoms with Gasteiger partial charge in [0.15, 0.2) is 9.84 Å². The van der Waals surface area contributed by atoms with E-state index in [-0.39, 0.29) is 16.4 Å². The lowest BCUT2D eigenvalue weighted by molar-refractivity contribution is -0.385. The molecular weight excluding hydrogens is 335 g/mol. The summed E-state index contributed by atoms with van der Waals surface area (Å²) in [6.45, 7) is 0.455. The Morgan fingerprint density at radius 2 is 1.96 bits per heavy atom. The van der Waals surface area contributed by atoms with E-state index in [9.17, 15) is 22.9 Å². The number of hydrogen-bond acceptors (Lipinski definition) is 5. The second kappa shape index (κ2) is 7.39. The number of anilines is 1. The maximum absolute atomic E-state index is 13.1. The average Bonchev–Trinajstić information content (AvgIpc) is 2.50. The molecule has 8 heteroatoms. The van der Waals surface area contributed by atoms with Gasteiger partial charge in [-0.15, -0.1) is 0 Å². The number of sulfone groups is 1. The number of nitro groups is 1. The van der Waals surface area contributed by atoms with Crippen LogP contribution in [0.15, 0.2) is 47.4 Å². The maximum atomic E-state index is 13.1. The largest absolute Gasteiger partial charge is 0.384 e. The Hall–Kier alpha value is -2.48. The van der Waals surface area contributed by atoms with E-state index < -0.39 is 14.8 Å². The average molecular weight is 352 g/mol. The summed E-state index contributed by atoms with van der Waals surface area (Å²) in [6.07, 6.45) is 2.29. The molecule has 2 aromatic rings. The first-order valence-corrected chi connectivity index (χ1v) is 9.13. The first-order valence-electron chi connectivity index (χ1n) is 7.24. The fourth-order valence-electron chi connectivity index (χ4n) is 2.29. The van der Waals surface area contributed by atoms with Crippen molar-refractivity contribution in [1.82, 2.24) is 0 Å². The van der Waals surface area contributed by atoms with Crippen LogP contribution in [0.3, 0.4) is 0 Å². The Labute approximate surface area is 139 Å². The molecule has 0 aliphatic carbocycles. The molecule has 1 N–H and O–H groups in total. The normalized spacial score (nSPS) is 11.2. The van der Waals surface area contributed by atoms with Crippen LogP contribution in [-0.2, 0) is 16.3 Å². The van der Waals surface area contributed by atoms with Gasteiger partial charge < -0.3 is 5.32 Å². The Morgan fingerprint density at radius 1 is 1.21 bits per heavy atom. The third-order valence-corrected chi connectivity index (χ3v) is 4.56. The minimum atomic E-state index is -3.60. The number of rotatable bonds is 7. The molecule has 0 aliphatic rings. The van der Waals surface area contributed by atoms with Gasteiger partial charge in [-0.3, -0.25) is 10.1 Å². The van der Waals surface area contributed by atoms with Crippen LogP contribution in [0.5, 0.6) is 0 Å². The van der Waals surface area contributed by atoms with Crippen molar-refractivity contribution in [1.29, 1.82) is 0 Å². The highest BCUT2D eigenvalue weighted by atomic mass is 32.2. The van der Waals surface area contributed by atoms with Crippen LogP contribution in [0.1, 0.15) is 12.0 Å². The highest BCUT2D eigenvalue weighted by Gasteiger charge is 2.18. The molecule has 2 rings (SSSR count). The van der Waals surface area contributed by atoms with E-state index in [1.165, 1.54) is 24.3 Å². The highest BCUT2D eigenvalue weighted by Crippen LogP contribution is 2.26. The van der Waals surface area contributed by atoms with Crippen molar-refractivity contribution in [2.24, 2.45) is 0 Å². The smallest absolute Gasteiger partial charge is 0.270 e. The lowest BCUT2D eigenvalue weighted by atomic mass is 10.1. The van der Waals surface area contributed by atoms with E-state index in [0.29, 0.717) is 25.1 Å². The lowest BCUT2D eigenvalue weighted by Gasteiger charge is -2.11. The number of aryl methyl sites for hydroxylation is 1. The molecule has 0 fully saturated rings. The molecule has 2 aromatic carbocycles. The molecule has 0 unspecified atom stereocenters. The molecule has 0 atom stereocenters. The van der Waals surface area contributed by atoms with Crippen LogP contribution in [0, 0.1) is 15.9 Å². The Morgan fingerprint density at radius 3 is 2.58 bits per heavy atom. The molecule has 0 saturated carbocycles. The summed E-state index contributed by atoms with van der Waals surface area (Å²) in [4.78, 5) is 10.1. The van der Waals surface area contributed by atoms with Crippen LogP contribution in [0.4, 0.5) is 15.8 Å². The van der Waals surface area contributed by atoms with Crippen LogP contribution < -0.4 is 5.32 Å². The SMILES string of the molecule is CS(=O)(=O)c1cc([N+](=O)[O-])ccc1NCCCc1cccc(F)c1. The molecule has 0 bridgehead atoms. The number of halogens is 1. The topological polar surface area (TPSA) is 89.3 Å². The summed E-state index contributed by atoms with van der Waals surface area (Å²) in [7, 11) is -3.60. The summed E-state index contributed by atoms with van der Waals surface area (Å²) in [5.74, 6) is -0.296. The molecule has 128 valence electrons. The number of nitrogens with zero attached hydrogens (tertiary/aromatic N) is 1. The van der Waals surface area contributed by atoms with E-state index in [1.807, 2.05) is 6.07 Å². The molecule has 0 aliphatic heterocycles. The van der Waals surface area contributed by atoms with Crippen molar-refractivity contribution in [2.75, 3.05) is 18.1 Å². The zero-order valence-electron chi connectivity index (χ0n) is 13.0. The van der Waals surface area contributed by atoms with Gasteiger partial charge in [-0.05, 0) is 36.6 Å². The van der Waals surface area contributed by atoms with E-state index >= 15 is 0 Å². The summed E-state index contributed by atoms with van der Waals surface area (Å²) < 4.78 is 36.7. The predicted octanol–water partition coefficient (Wildman–Crippen LogP) is 3.18. The van der Waals surface area contributed by atoms with Gasteiger partial charge in [-0.25, -0.2) is 12.8 Å². The van der Waals surface area contributed by atoms with E-state index in [2.05, 4.69) is 5.32 Å². The third-order valence-electron chi connectivity index (χ3n) is 3.42. The Bertz CT molecular complexity index is 853. The summed E-state index contributed by atoms with van der Waals surface area (Å²) >= 11 is 0. The predicted molar refractivity (Wildman–Crippen MR) is 89.4 cm³/mol. The fourth-order valence-corrected chi connectivity index (χ4v) is 3.16. The second-order valence-corrected chi connectivity index (χ2v) is 7.35. The Kier molecular flexibility index (Phi) is 5.50. The first-order chi connectivity index (χ1) is 11.3. The quantitative estimate of drug-likeness (QED) is 0.470. The minimum Gasteiger partial charge on any atom is -0.384 e. The highest BCUT2D eigenvalue weighted by molar-refractivity contribution is 7.90. The Balaban J connectivity index is 2.05. The van der Waals surface area contributed by atoms with Crippen molar-refractivity contribution in [2.45, 2.75) is 17.7 Å². The van der Waals surface area contributed by atoms with Gasteiger partial charge in [0.2, 0.25) is 0 Å². The van der Waals surface area contributed by atoms with Crippen LogP contribution in [0.2, 0.25) is 0 Å². The number of non-ortho nitro benzene ring substituents is 1. The number of nitro benzene ring substituents is 1. The second-order valence-electron chi connectivity index (χ2n) is 5.37. The standard InChI is InChI=1S/C16H17FN2O4S/c1-24(22,23)16-11-14(19(20)21)7-8-15(16)18-9-3-5-12-4-2-6-13(17)10-12/h2,4,6-8,10-11,18H,3,5,9H2,1H3. The fraction of sp³-hybridized carbons (Fsp3) is 0.250. The van der Waals surface area contributed by atoms with Crippen molar-refractivity contribution >= 4 is 21.2 Å². The molecule has 0 amide bonds. The molecule has 0 radical (unpaired) electrons. The molecular formula is C16H17FN2O4S. The van der Waals surface area contributed by atoms with Gasteiger partial charge >= 0.3 is 0 Å². The minimum absolute atomic E-state index is 0.109. The van der Waals surface area contributed by atoms with Crippen molar-refractivity contribution in [3.8, 4) is 0 Å². The van der Waals surface area contributed by atoms with Gasteiger partial charge in [0.25, 0.3) is 5.69 Å². The summed E-state index contributed by atoms with van der Waals surface area (Å²) in [5.41, 5.74) is 0.895. The summed E-state index contributed by atoms with van der Waals surface area (Å²) in [5, 5.41) is 13.8. The van der Waals surface area contributed by atoms with Crippen LogP contribution >= 0.6 is 0 Å². The third kappa shape index (κ3) is 4.76. The van der Waals surface area contributed by atoms with Gasteiger partial charge in [0.05, 0.1) is 15.5 Å². The first kappa shape index (κ1) is 17.9. The number of hydrogen-bond donors (Lipinski definition) is 1. The van der Waals surface area contributed by atoms with Gasteiger partial charge in [0, 0.05) is 24.9 Å². The lowest BCUT2D eigenvalue weighted by Crippen LogP contribution is -2.09. The van der Waals surface area contributed by atoms with Gasteiger partial charge in [0.1, 0.15) is 5.82 Å². The van der Waals surface area contributed by atoms with E-state index in [0.717, 1.165) is 17.9 Å². The number of nitrogens with one attached hydrogen (secondary N) is 1. The monoisotopic (exact) mass is 352 g/mol. The molecule has 0 heterocycles. The van der Waals surface area contributed by atoms with Gasteiger partial charge in [-0.1, -0.05) is 12.1 Å². The molecule has 6 nitrogen and oxygen atoms in total. The van der Waals surface area contributed by atoms with Crippen molar-refractivity contribution in [3.05, 3.63) is 64.0 Å². The van der Waals surface area contributed by atoms with Crippen LogP contribution in [0.25, 0.3) is 0 Å². The zero-order valence-corrected chi connectivity index (χ0v) is 13.8. The van der Waals surface area contributed by atoms with E-state index in [4.69, 9.17) is 0 Å². The molecule has 0 aromatic heterocycles. The van der Waals surface area contributed by atoms with E-state index in [1.54, 1.807) is 6.07 Å². The molecule has 24 heavy (non-hydrogen) atoms. The van der Waals surface area contributed by atoms with Crippen molar-refractivity contribution < 1.29 is 17.7 Å². The number of benzene rings is 2. The van der Waals surface area contributed by atoms with Gasteiger partial charge in [-0.2, -0.15) is 0 Å². The van der Waals surface area contributed by atoms with Crippen molar-refractivity contribution in [3.63, 3.8) is 0 Å². The van der Waals surface area contributed by atoms with Crippen LogP contribution in [-0.4, -0.2) is 26.1 Å². The zero-order chi connectivity index (χ0) is 17.7. The maximum Gasteiger partial charge on any atom is 0.270 e. The summed E-state index contributed by atoms with van der Waals surface area (Å²) in [6, 6.07) is 9.96. The molecule has 0 saturated heterocycles. The molecule has 0 spiro atoms.